The number of hydrogen-bond acceptors (Lipinski definition) is 5. The molecular formula is C13H15N5OS. The topological polar surface area (TPSA) is 95.9 Å². The number of hydrogen-bond donors (Lipinski definition) is 3. The molecule has 0 saturated heterocycles. The first-order chi connectivity index (χ1) is 9.49. The number of aromatic nitrogens is 1. The van der Waals surface area contributed by atoms with Gasteiger partial charge in [-0.05, 0) is 38.2 Å². The summed E-state index contributed by atoms with van der Waals surface area (Å²) in [4.78, 5) is 12.6. The van der Waals surface area contributed by atoms with Gasteiger partial charge in [-0.3, -0.25) is 10.2 Å². The van der Waals surface area contributed by atoms with E-state index in [4.69, 9.17) is 18.0 Å². The lowest BCUT2D eigenvalue weighted by molar-refractivity contribution is 0.530. The summed E-state index contributed by atoms with van der Waals surface area (Å²) < 4.78 is 1.39. The van der Waals surface area contributed by atoms with Crippen molar-refractivity contribution in [2.24, 2.45) is 5.73 Å². The van der Waals surface area contributed by atoms with Crippen molar-refractivity contribution < 1.29 is 0 Å². The molecule has 0 radical (unpaired) electrons. The number of nitrogens with zero attached hydrogens (tertiary/aromatic N) is 2. The van der Waals surface area contributed by atoms with Gasteiger partial charge in [0.05, 0.1) is 5.56 Å². The molecule has 3 rings (SSSR count). The van der Waals surface area contributed by atoms with Gasteiger partial charge in [0, 0.05) is 0 Å². The Labute approximate surface area is 121 Å². The van der Waals surface area contributed by atoms with Crippen LogP contribution in [0.4, 0.5) is 5.82 Å². The first kappa shape index (κ1) is 12.9. The van der Waals surface area contributed by atoms with Gasteiger partial charge in [0.2, 0.25) is 0 Å². The lowest BCUT2D eigenvalue weighted by atomic mass is 10.0. The number of pyridine rings is 1. The van der Waals surface area contributed by atoms with Crippen LogP contribution < -0.4 is 22.0 Å². The summed E-state index contributed by atoms with van der Waals surface area (Å²) in [7, 11) is 0. The number of nitriles is 1. The summed E-state index contributed by atoms with van der Waals surface area (Å²) in [5.74, 6) is 0.584. The Morgan fingerprint density at radius 2 is 2.15 bits per heavy atom. The van der Waals surface area contributed by atoms with Crippen LogP contribution in [0.2, 0.25) is 0 Å². The van der Waals surface area contributed by atoms with Gasteiger partial charge < -0.3 is 11.1 Å². The molecule has 4 N–H and O–H groups in total. The number of fused-ring (bicyclic) bond motifs is 1. The number of thiocarbonyl (C=S) groups is 1. The van der Waals surface area contributed by atoms with Crippen LogP contribution in [-0.4, -0.2) is 15.3 Å². The molecular weight excluding hydrogens is 274 g/mol. The average molecular weight is 289 g/mol. The van der Waals surface area contributed by atoms with Crippen LogP contribution in [0.5, 0.6) is 0 Å². The largest absolute Gasteiger partial charge is 0.389 e. The van der Waals surface area contributed by atoms with Crippen LogP contribution in [0.1, 0.15) is 42.4 Å². The van der Waals surface area contributed by atoms with E-state index >= 15 is 0 Å². The van der Waals surface area contributed by atoms with Crippen molar-refractivity contribution in [2.45, 2.75) is 38.3 Å². The van der Waals surface area contributed by atoms with Gasteiger partial charge >= 0.3 is 0 Å². The summed E-state index contributed by atoms with van der Waals surface area (Å²) in [6.07, 6.45) is 4.03. The van der Waals surface area contributed by atoms with Gasteiger partial charge in [-0.1, -0.05) is 12.2 Å². The van der Waals surface area contributed by atoms with Gasteiger partial charge in [-0.15, -0.1) is 0 Å². The number of nitrogens with two attached hydrogens (primary N) is 1. The van der Waals surface area contributed by atoms with Gasteiger partial charge in [-0.2, -0.15) is 5.26 Å². The van der Waals surface area contributed by atoms with E-state index in [1.165, 1.54) is 4.68 Å². The normalized spacial score (nSPS) is 18.2. The maximum atomic E-state index is 12.4. The lowest BCUT2D eigenvalue weighted by Gasteiger charge is -2.23. The third kappa shape index (κ3) is 1.61. The van der Waals surface area contributed by atoms with E-state index in [1.807, 2.05) is 6.07 Å². The molecule has 0 atom stereocenters. The minimum Gasteiger partial charge on any atom is -0.389 e. The van der Waals surface area contributed by atoms with E-state index in [-0.39, 0.29) is 21.8 Å². The van der Waals surface area contributed by atoms with Gasteiger partial charge in [0.15, 0.2) is 0 Å². The second-order valence-corrected chi connectivity index (χ2v) is 5.81. The van der Waals surface area contributed by atoms with Crippen molar-refractivity contribution in [2.75, 3.05) is 10.7 Å². The molecule has 0 bridgehead atoms. The van der Waals surface area contributed by atoms with E-state index in [0.717, 1.165) is 25.7 Å². The van der Waals surface area contributed by atoms with Crippen molar-refractivity contribution in [1.29, 1.82) is 5.26 Å². The van der Waals surface area contributed by atoms with Crippen molar-refractivity contribution in [3.63, 3.8) is 0 Å². The quantitative estimate of drug-likeness (QED) is 0.665. The number of anilines is 1. The zero-order chi connectivity index (χ0) is 14.5. The number of nitrogens with one attached hydrogen (secondary N) is 2. The molecule has 1 aromatic rings. The third-order valence-electron chi connectivity index (χ3n) is 4.13. The zero-order valence-electron chi connectivity index (χ0n) is 11.1. The molecule has 1 aliphatic heterocycles. The van der Waals surface area contributed by atoms with Crippen molar-refractivity contribution in [3.05, 3.63) is 27.0 Å². The van der Waals surface area contributed by atoms with E-state index in [1.54, 1.807) is 6.92 Å². The van der Waals surface area contributed by atoms with Gasteiger partial charge in [0.1, 0.15) is 28.1 Å². The molecule has 1 fully saturated rings. The first-order valence-electron chi connectivity index (χ1n) is 6.55. The van der Waals surface area contributed by atoms with Crippen molar-refractivity contribution >= 4 is 23.0 Å². The summed E-state index contributed by atoms with van der Waals surface area (Å²) in [5, 5.41) is 12.6. The van der Waals surface area contributed by atoms with Crippen LogP contribution in [0.15, 0.2) is 4.79 Å². The molecule has 104 valence electrons. The van der Waals surface area contributed by atoms with E-state index in [9.17, 15) is 10.1 Å². The summed E-state index contributed by atoms with van der Waals surface area (Å²) in [6.45, 7) is 1.70. The highest BCUT2D eigenvalue weighted by Crippen LogP contribution is 2.37. The molecule has 0 aromatic carbocycles. The molecule has 7 heteroatoms. The first-order valence-corrected chi connectivity index (χ1v) is 6.96. The van der Waals surface area contributed by atoms with Crippen LogP contribution in [0.3, 0.4) is 0 Å². The molecule has 2 heterocycles. The van der Waals surface area contributed by atoms with Crippen molar-refractivity contribution in [3.8, 4) is 6.07 Å². The predicted molar refractivity (Wildman–Crippen MR) is 80.2 cm³/mol. The van der Waals surface area contributed by atoms with Crippen LogP contribution in [0.25, 0.3) is 0 Å². The van der Waals surface area contributed by atoms with Crippen LogP contribution in [-0.2, 0) is 0 Å². The molecule has 20 heavy (non-hydrogen) atoms. The van der Waals surface area contributed by atoms with E-state index < -0.39 is 0 Å². The smallest absolute Gasteiger partial charge is 0.288 e. The van der Waals surface area contributed by atoms with E-state index in [0.29, 0.717) is 16.9 Å². The van der Waals surface area contributed by atoms with Gasteiger partial charge in [0.25, 0.3) is 5.56 Å². The molecule has 1 aromatic heterocycles. The Morgan fingerprint density at radius 1 is 1.50 bits per heavy atom. The Bertz CT molecular complexity index is 709. The SMILES string of the molecule is Cc1c(C(N)=S)c2n(c(=O)c1C#N)NC1(CCCC1)N2. The minimum atomic E-state index is -0.351. The maximum Gasteiger partial charge on any atom is 0.288 e. The summed E-state index contributed by atoms with van der Waals surface area (Å²) in [5.41, 5.74) is 9.53. The molecule has 1 saturated carbocycles. The molecule has 0 unspecified atom stereocenters. The number of rotatable bonds is 1. The average Bonchev–Trinajstić information content (AvgIpc) is 2.98. The monoisotopic (exact) mass is 289 g/mol. The second kappa shape index (κ2) is 4.21. The standard InChI is InChI=1S/C13H15N5OS/c1-7-8(6-14)12(19)18-11(9(7)10(15)20)16-13(17-18)4-2-3-5-13/h16-17H,2-5H2,1H3,(H2,15,20). The molecule has 1 spiro atoms. The second-order valence-electron chi connectivity index (χ2n) is 5.37. The summed E-state index contributed by atoms with van der Waals surface area (Å²) >= 11 is 5.09. The van der Waals surface area contributed by atoms with Crippen molar-refractivity contribution in [1.82, 2.24) is 4.68 Å². The lowest BCUT2D eigenvalue weighted by Crippen LogP contribution is -2.42. The Hall–Kier alpha value is -2.07. The Balaban J connectivity index is 2.27. The third-order valence-corrected chi connectivity index (χ3v) is 4.33. The summed E-state index contributed by atoms with van der Waals surface area (Å²) in [6, 6.07) is 1.95. The minimum absolute atomic E-state index is 0.0842. The zero-order valence-corrected chi connectivity index (χ0v) is 11.9. The van der Waals surface area contributed by atoms with Crippen LogP contribution in [0, 0.1) is 18.3 Å². The molecule has 2 aliphatic rings. The fourth-order valence-electron chi connectivity index (χ4n) is 3.13. The van der Waals surface area contributed by atoms with Gasteiger partial charge in [-0.25, -0.2) is 4.68 Å². The van der Waals surface area contributed by atoms with E-state index in [2.05, 4.69) is 10.7 Å². The fraction of sp³-hybridized carbons (Fsp3) is 0.462. The molecule has 0 amide bonds. The Kier molecular flexibility index (Phi) is 2.73. The fourth-order valence-corrected chi connectivity index (χ4v) is 3.38. The molecule has 1 aliphatic carbocycles. The highest BCUT2D eigenvalue weighted by Gasteiger charge is 2.41. The highest BCUT2D eigenvalue weighted by atomic mass is 32.1. The van der Waals surface area contributed by atoms with Crippen LogP contribution >= 0.6 is 12.2 Å². The highest BCUT2D eigenvalue weighted by molar-refractivity contribution is 7.80. The predicted octanol–water partition coefficient (Wildman–Crippen LogP) is 0.902. The Morgan fingerprint density at radius 3 is 2.70 bits per heavy atom. The molecule has 6 nitrogen and oxygen atoms in total. The maximum absolute atomic E-state index is 12.4.